The molecule has 5 nitrogen and oxygen atoms in total. The standard InChI is InChI=1S/C22H18Cl2N2O3S/c23-17-9-12-20(19(24)14-17)25-22(27)16-7-10-18(11-8-16)30(28,29)26-13-3-5-15-4-1-2-6-21(15)26/h1-2,4,6-12,14H,3,5,13H2,(H,25,27). The van der Waals surface area contributed by atoms with Crippen LogP contribution in [0, 0.1) is 0 Å². The Morgan fingerprint density at radius 1 is 0.967 bits per heavy atom. The quantitative estimate of drug-likeness (QED) is 0.567. The average Bonchev–Trinajstić information content (AvgIpc) is 2.75. The van der Waals surface area contributed by atoms with E-state index in [0.29, 0.717) is 33.5 Å². The van der Waals surface area contributed by atoms with Crippen molar-refractivity contribution >= 4 is 50.5 Å². The summed E-state index contributed by atoms with van der Waals surface area (Å²) in [5.41, 5.74) is 2.47. The summed E-state index contributed by atoms with van der Waals surface area (Å²) in [7, 11) is -3.72. The maximum absolute atomic E-state index is 13.2. The lowest BCUT2D eigenvalue weighted by Crippen LogP contribution is -2.35. The van der Waals surface area contributed by atoms with Crippen LogP contribution in [0.3, 0.4) is 0 Å². The van der Waals surface area contributed by atoms with Gasteiger partial charge in [-0.25, -0.2) is 8.42 Å². The normalized spacial score (nSPS) is 13.6. The minimum atomic E-state index is -3.72. The molecule has 1 aliphatic rings. The largest absolute Gasteiger partial charge is 0.321 e. The highest BCUT2D eigenvalue weighted by Crippen LogP contribution is 2.32. The SMILES string of the molecule is O=C(Nc1ccc(Cl)cc1Cl)c1ccc(S(=O)(=O)N2CCCc3ccccc32)cc1. The van der Waals surface area contributed by atoms with Gasteiger partial charge in [0.2, 0.25) is 0 Å². The summed E-state index contributed by atoms with van der Waals surface area (Å²) in [6.45, 7) is 0.427. The van der Waals surface area contributed by atoms with Crippen molar-refractivity contribution in [2.45, 2.75) is 17.7 Å². The molecule has 1 amide bonds. The Hall–Kier alpha value is -2.54. The summed E-state index contributed by atoms with van der Waals surface area (Å²) in [4.78, 5) is 12.7. The van der Waals surface area contributed by atoms with Crippen molar-refractivity contribution in [3.05, 3.63) is 87.9 Å². The van der Waals surface area contributed by atoms with Gasteiger partial charge < -0.3 is 5.32 Å². The van der Waals surface area contributed by atoms with Gasteiger partial charge in [0.15, 0.2) is 0 Å². The van der Waals surface area contributed by atoms with E-state index in [9.17, 15) is 13.2 Å². The van der Waals surface area contributed by atoms with Crippen LogP contribution in [-0.2, 0) is 16.4 Å². The molecule has 3 aromatic carbocycles. The Balaban J connectivity index is 1.57. The highest BCUT2D eigenvalue weighted by molar-refractivity contribution is 7.92. The molecule has 1 N–H and O–H groups in total. The fourth-order valence-corrected chi connectivity index (χ4v) is 5.44. The predicted octanol–water partition coefficient (Wildman–Crippen LogP) is 5.39. The molecule has 30 heavy (non-hydrogen) atoms. The Kier molecular flexibility index (Phi) is 5.73. The number of anilines is 2. The van der Waals surface area contributed by atoms with E-state index in [4.69, 9.17) is 23.2 Å². The second-order valence-corrected chi connectivity index (χ2v) is 9.62. The molecule has 0 radical (unpaired) electrons. The molecule has 0 saturated heterocycles. The maximum Gasteiger partial charge on any atom is 0.264 e. The van der Waals surface area contributed by atoms with Gasteiger partial charge in [-0.05, 0) is 66.9 Å². The van der Waals surface area contributed by atoms with Gasteiger partial charge in [0.1, 0.15) is 0 Å². The number of carbonyl (C=O) groups is 1. The molecule has 0 atom stereocenters. The van der Waals surface area contributed by atoms with Gasteiger partial charge in [-0.15, -0.1) is 0 Å². The number of hydrogen-bond acceptors (Lipinski definition) is 3. The van der Waals surface area contributed by atoms with Crippen molar-refractivity contribution in [3.8, 4) is 0 Å². The number of aryl methyl sites for hydroxylation is 1. The lowest BCUT2D eigenvalue weighted by atomic mass is 10.0. The summed E-state index contributed by atoms with van der Waals surface area (Å²) < 4.78 is 27.8. The van der Waals surface area contributed by atoms with Crippen molar-refractivity contribution in [2.75, 3.05) is 16.2 Å². The second kappa shape index (κ2) is 8.30. The van der Waals surface area contributed by atoms with E-state index in [1.165, 1.54) is 34.6 Å². The van der Waals surface area contributed by atoms with Crippen LogP contribution in [0.25, 0.3) is 0 Å². The molecule has 4 rings (SSSR count). The van der Waals surface area contributed by atoms with Gasteiger partial charge in [0, 0.05) is 17.1 Å². The minimum absolute atomic E-state index is 0.139. The van der Waals surface area contributed by atoms with Gasteiger partial charge in [-0.3, -0.25) is 9.10 Å². The number of nitrogens with one attached hydrogen (secondary N) is 1. The highest BCUT2D eigenvalue weighted by Gasteiger charge is 2.29. The molecule has 8 heteroatoms. The van der Waals surface area contributed by atoms with Crippen molar-refractivity contribution in [2.24, 2.45) is 0 Å². The number of fused-ring (bicyclic) bond motifs is 1. The number of benzene rings is 3. The summed E-state index contributed by atoms with van der Waals surface area (Å²) in [6, 6.07) is 18.2. The third-order valence-corrected chi connectivity index (χ3v) is 7.33. The van der Waals surface area contributed by atoms with Crippen molar-refractivity contribution < 1.29 is 13.2 Å². The molecule has 0 saturated carbocycles. The summed E-state index contributed by atoms with van der Waals surface area (Å²) in [5, 5.41) is 3.48. The first kappa shape index (κ1) is 20.7. The molecule has 154 valence electrons. The number of hydrogen-bond donors (Lipinski definition) is 1. The van der Waals surface area contributed by atoms with Crippen molar-refractivity contribution in [1.82, 2.24) is 0 Å². The fraction of sp³-hybridized carbons (Fsp3) is 0.136. The monoisotopic (exact) mass is 460 g/mol. The summed E-state index contributed by atoms with van der Waals surface area (Å²) in [6.07, 6.45) is 1.62. The first-order chi connectivity index (χ1) is 14.4. The molecule has 3 aromatic rings. The second-order valence-electron chi connectivity index (χ2n) is 6.91. The van der Waals surface area contributed by atoms with E-state index in [0.717, 1.165) is 18.4 Å². The molecule has 1 aliphatic heterocycles. The number of carbonyl (C=O) groups excluding carboxylic acids is 1. The van der Waals surface area contributed by atoms with Crippen LogP contribution in [-0.4, -0.2) is 20.9 Å². The maximum atomic E-state index is 13.2. The number of nitrogens with zero attached hydrogens (tertiary/aromatic N) is 1. The predicted molar refractivity (Wildman–Crippen MR) is 120 cm³/mol. The van der Waals surface area contributed by atoms with Crippen LogP contribution in [0.1, 0.15) is 22.3 Å². The van der Waals surface area contributed by atoms with E-state index in [2.05, 4.69) is 5.32 Å². The molecule has 0 fully saturated rings. The van der Waals surface area contributed by atoms with E-state index in [1.54, 1.807) is 12.1 Å². The smallest absolute Gasteiger partial charge is 0.264 e. The molecular weight excluding hydrogens is 443 g/mol. The molecular formula is C22H18Cl2N2O3S. The van der Waals surface area contributed by atoms with Crippen LogP contribution >= 0.6 is 23.2 Å². The Labute approximate surface area is 185 Å². The van der Waals surface area contributed by atoms with E-state index in [1.807, 2.05) is 24.3 Å². The van der Waals surface area contributed by atoms with Crippen LogP contribution in [0.4, 0.5) is 11.4 Å². The zero-order valence-electron chi connectivity index (χ0n) is 15.8. The van der Waals surface area contributed by atoms with E-state index in [-0.39, 0.29) is 4.90 Å². The topological polar surface area (TPSA) is 66.5 Å². The Bertz CT molecular complexity index is 1210. The number of amides is 1. The van der Waals surface area contributed by atoms with Crippen LogP contribution in [0.5, 0.6) is 0 Å². The highest BCUT2D eigenvalue weighted by atomic mass is 35.5. The Morgan fingerprint density at radius 3 is 2.43 bits per heavy atom. The zero-order valence-corrected chi connectivity index (χ0v) is 18.1. The lowest BCUT2D eigenvalue weighted by molar-refractivity contribution is 0.102. The average molecular weight is 461 g/mol. The Morgan fingerprint density at radius 2 is 1.70 bits per heavy atom. The third kappa shape index (κ3) is 4.03. The number of halogens is 2. The number of sulfonamides is 1. The minimum Gasteiger partial charge on any atom is -0.321 e. The van der Waals surface area contributed by atoms with Crippen LogP contribution in [0.15, 0.2) is 71.6 Å². The van der Waals surface area contributed by atoms with Gasteiger partial charge >= 0.3 is 0 Å². The van der Waals surface area contributed by atoms with Crippen LogP contribution in [0.2, 0.25) is 10.0 Å². The van der Waals surface area contributed by atoms with Gasteiger partial charge in [-0.2, -0.15) is 0 Å². The van der Waals surface area contributed by atoms with Gasteiger partial charge in [-0.1, -0.05) is 41.4 Å². The summed E-state index contributed by atoms with van der Waals surface area (Å²) >= 11 is 12.0. The number of rotatable bonds is 4. The molecule has 1 heterocycles. The zero-order chi connectivity index (χ0) is 21.3. The first-order valence-corrected chi connectivity index (χ1v) is 11.5. The summed E-state index contributed by atoms with van der Waals surface area (Å²) in [5.74, 6) is -0.397. The lowest BCUT2D eigenvalue weighted by Gasteiger charge is -2.30. The van der Waals surface area contributed by atoms with E-state index >= 15 is 0 Å². The fourth-order valence-electron chi connectivity index (χ4n) is 3.44. The van der Waals surface area contributed by atoms with Crippen molar-refractivity contribution in [1.29, 1.82) is 0 Å². The third-order valence-electron chi connectivity index (χ3n) is 4.95. The van der Waals surface area contributed by atoms with Crippen molar-refractivity contribution in [3.63, 3.8) is 0 Å². The van der Waals surface area contributed by atoms with Gasteiger partial charge in [0.05, 0.1) is 21.3 Å². The van der Waals surface area contributed by atoms with Crippen LogP contribution < -0.4 is 9.62 Å². The molecule has 0 aromatic heterocycles. The van der Waals surface area contributed by atoms with E-state index < -0.39 is 15.9 Å². The molecule has 0 spiro atoms. The molecule has 0 aliphatic carbocycles. The first-order valence-electron chi connectivity index (χ1n) is 9.33. The number of para-hydroxylation sites is 1. The van der Waals surface area contributed by atoms with Gasteiger partial charge in [0.25, 0.3) is 15.9 Å². The molecule has 0 bridgehead atoms. The molecule has 0 unspecified atom stereocenters.